The van der Waals surface area contributed by atoms with E-state index in [9.17, 15) is 0 Å². The summed E-state index contributed by atoms with van der Waals surface area (Å²) in [5, 5.41) is 14.7. The average Bonchev–Trinajstić information content (AvgIpc) is 2.91. The van der Waals surface area contributed by atoms with E-state index < -0.39 is 0 Å². The van der Waals surface area contributed by atoms with Gasteiger partial charge in [-0.3, -0.25) is 0 Å². The van der Waals surface area contributed by atoms with Gasteiger partial charge in [0.1, 0.15) is 0 Å². The fraction of sp³-hybridized carbons (Fsp3) is 0.636. The Hall–Kier alpha value is 0.1000. The van der Waals surface area contributed by atoms with Crippen LogP contribution >= 0.6 is 27.3 Å². The Morgan fingerprint density at radius 3 is 2.87 bits per heavy atom. The number of thiophene rings is 1. The van der Waals surface area contributed by atoms with Crippen molar-refractivity contribution in [2.24, 2.45) is 5.41 Å². The van der Waals surface area contributed by atoms with Crippen LogP contribution in [0.2, 0.25) is 0 Å². The van der Waals surface area contributed by atoms with Crippen molar-refractivity contribution >= 4 is 27.3 Å². The first-order chi connectivity index (χ1) is 7.24. The van der Waals surface area contributed by atoms with E-state index in [-0.39, 0.29) is 5.41 Å². The molecule has 0 aliphatic heterocycles. The normalized spacial score (nSPS) is 18.0. The maximum Gasteiger partial charge on any atom is 0.0499 e. The SMILES string of the molecule is OCC1(CNCCc2cc(Br)cs2)CC1. The summed E-state index contributed by atoms with van der Waals surface area (Å²) in [4.78, 5) is 1.41. The van der Waals surface area contributed by atoms with Crippen molar-refractivity contribution in [3.63, 3.8) is 0 Å². The van der Waals surface area contributed by atoms with E-state index in [2.05, 4.69) is 32.7 Å². The van der Waals surface area contributed by atoms with Gasteiger partial charge in [-0.1, -0.05) is 0 Å². The first-order valence-electron chi connectivity index (χ1n) is 5.29. The van der Waals surface area contributed by atoms with Crippen molar-refractivity contribution in [1.29, 1.82) is 0 Å². The molecule has 0 amide bonds. The molecule has 84 valence electrons. The summed E-state index contributed by atoms with van der Waals surface area (Å²) in [5.41, 5.74) is 0.232. The van der Waals surface area contributed by atoms with Crippen molar-refractivity contribution in [1.82, 2.24) is 5.32 Å². The quantitative estimate of drug-likeness (QED) is 0.789. The van der Waals surface area contributed by atoms with Crippen molar-refractivity contribution in [2.75, 3.05) is 19.7 Å². The van der Waals surface area contributed by atoms with Crippen LogP contribution in [0.4, 0.5) is 0 Å². The van der Waals surface area contributed by atoms with Gasteiger partial charge in [-0.15, -0.1) is 11.3 Å². The van der Waals surface area contributed by atoms with E-state index in [1.807, 2.05) is 0 Å². The molecule has 0 saturated heterocycles. The lowest BCUT2D eigenvalue weighted by molar-refractivity contribution is 0.208. The van der Waals surface area contributed by atoms with E-state index in [4.69, 9.17) is 5.11 Å². The third-order valence-corrected chi connectivity index (χ3v) is 4.72. The zero-order chi connectivity index (χ0) is 10.7. The molecule has 2 nitrogen and oxygen atoms in total. The van der Waals surface area contributed by atoms with Crippen LogP contribution in [0.5, 0.6) is 0 Å². The lowest BCUT2D eigenvalue weighted by Crippen LogP contribution is -2.27. The summed E-state index contributed by atoms with van der Waals surface area (Å²) in [6.45, 7) is 2.31. The van der Waals surface area contributed by atoms with Crippen LogP contribution in [0.1, 0.15) is 17.7 Å². The van der Waals surface area contributed by atoms with E-state index in [1.54, 1.807) is 11.3 Å². The number of rotatable bonds is 6. The second-order valence-electron chi connectivity index (χ2n) is 4.32. The average molecular weight is 290 g/mol. The fourth-order valence-corrected chi connectivity index (χ4v) is 3.07. The second-order valence-corrected chi connectivity index (χ2v) is 6.23. The molecule has 0 radical (unpaired) electrons. The minimum absolute atomic E-state index is 0.232. The Morgan fingerprint density at radius 1 is 1.53 bits per heavy atom. The number of halogens is 1. The molecule has 1 aromatic rings. The lowest BCUT2D eigenvalue weighted by atomic mass is 10.1. The molecule has 0 unspecified atom stereocenters. The standard InChI is InChI=1S/C11H16BrNOS/c12-9-5-10(15-6-9)1-4-13-7-11(8-14)2-3-11/h5-6,13-14H,1-4,7-8H2. The molecule has 1 fully saturated rings. The zero-order valence-electron chi connectivity index (χ0n) is 8.63. The first-order valence-corrected chi connectivity index (χ1v) is 6.96. The molecular weight excluding hydrogens is 274 g/mol. The second kappa shape index (κ2) is 4.95. The summed E-state index contributed by atoms with van der Waals surface area (Å²) in [6, 6.07) is 2.17. The minimum atomic E-state index is 0.232. The Balaban J connectivity index is 1.63. The molecule has 0 aromatic carbocycles. The Morgan fingerprint density at radius 2 is 2.33 bits per heavy atom. The highest BCUT2D eigenvalue weighted by Crippen LogP contribution is 2.44. The molecule has 1 aliphatic rings. The Kier molecular flexibility index (Phi) is 3.83. The largest absolute Gasteiger partial charge is 0.396 e. The van der Waals surface area contributed by atoms with Crippen molar-refractivity contribution in [3.8, 4) is 0 Å². The molecule has 0 atom stereocenters. The van der Waals surface area contributed by atoms with E-state index in [0.717, 1.165) is 19.5 Å². The van der Waals surface area contributed by atoms with E-state index in [0.29, 0.717) is 6.61 Å². The number of nitrogens with one attached hydrogen (secondary N) is 1. The van der Waals surface area contributed by atoms with Crippen LogP contribution in [-0.4, -0.2) is 24.8 Å². The molecule has 2 rings (SSSR count). The van der Waals surface area contributed by atoms with Crippen LogP contribution in [-0.2, 0) is 6.42 Å². The van der Waals surface area contributed by atoms with E-state index >= 15 is 0 Å². The molecule has 0 bridgehead atoms. The van der Waals surface area contributed by atoms with Crippen LogP contribution in [0.15, 0.2) is 15.9 Å². The van der Waals surface area contributed by atoms with Crippen LogP contribution in [0.25, 0.3) is 0 Å². The topological polar surface area (TPSA) is 32.3 Å². The van der Waals surface area contributed by atoms with Gasteiger partial charge in [-0.25, -0.2) is 0 Å². The van der Waals surface area contributed by atoms with Crippen LogP contribution < -0.4 is 5.32 Å². The van der Waals surface area contributed by atoms with Gasteiger partial charge in [-0.2, -0.15) is 0 Å². The van der Waals surface area contributed by atoms with E-state index in [1.165, 1.54) is 22.2 Å². The molecule has 2 N–H and O–H groups in total. The smallest absolute Gasteiger partial charge is 0.0499 e. The van der Waals surface area contributed by atoms with Gasteiger partial charge in [0.05, 0.1) is 0 Å². The predicted molar refractivity (Wildman–Crippen MR) is 67.3 cm³/mol. The van der Waals surface area contributed by atoms with Crippen molar-refractivity contribution in [2.45, 2.75) is 19.3 Å². The number of aliphatic hydroxyl groups excluding tert-OH is 1. The summed E-state index contributed by atoms with van der Waals surface area (Å²) in [5.74, 6) is 0. The Labute approximate surface area is 103 Å². The molecule has 0 spiro atoms. The van der Waals surface area contributed by atoms with Gasteiger partial charge in [0.25, 0.3) is 0 Å². The zero-order valence-corrected chi connectivity index (χ0v) is 11.0. The first kappa shape index (κ1) is 11.6. The van der Waals surface area contributed by atoms with Gasteiger partial charge >= 0.3 is 0 Å². The van der Waals surface area contributed by atoms with Crippen LogP contribution in [0.3, 0.4) is 0 Å². The van der Waals surface area contributed by atoms with Gasteiger partial charge in [0.15, 0.2) is 0 Å². The monoisotopic (exact) mass is 289 g/mol. The summed E-state index contributed by atoms with van der Waals surface area (Å²) >= 11 is 5.24. The third kappa shape index (κ3) is 3.28. The van der Waals surface area contributed by atoms with Gasteiger partial charge < -0.3 is 10.4 Å². The van der Waals surface area contributed by atoms with Crippen molar-refractivity contribution < 1.29 is 5.11 Å². The molecule has 1 heterocycles. The number of aliphatic hydroxyl groups is 1. The van der Waals surface area contributed by atoms with Gasteiger partial charge in [-0.05, 0) is 47.8 Å². The molecule has 1 saturated carbocycles. The van der Waals surface area contributed by atoms with Gasteiger partial charge in [0.2, 0.25) is 0 Å². The maximum absolute atomic E-state index is 9.13. The summed E-state index contributed by atoms with van der Waals surface area (Å²) in [6.07, 6.45) is 3.44. The lowest BCUT2D eigenvalue weighted by Gasteiger charge is -2.11. The van der Waals surface area contributed by atoms with Crippen molar-refractivity contribution in [3.05, 3.63) is 20.8 Å². The fourth-order valence-electron chi connectivity index (χ4n) is 1.62. The minimum Gasteiger partial charge on any atom is -0.396 e. The number of hydrogen-bond acceptors (Lipinski definition) is 3. The predicted octanol–water partition coefficient (Wildman–Crippen LogP) is 2.42. The molecule has 15 heavy (non-hydrogen) atoms. The summed E-state index contributed by atoms with van der Waals surface area (Å²) < 4.78 is 1.18. The highest BCUT2D eigenvalue weighted by molar-refractivity contribution is 9.10. The van der Waals surface area contributed by atoms with Gasteiger partial charge in [0, 0.05) is 33.3 Å². The molecule has 1 aromatic heterocycles. The highest BCUT2D eigenvalue weighted by Gasteiger charge is 2.41. The Bertz CT molecular complexity index is 322. The molecular formula is C11H16BrNOS. The molecule has 4 heteroatoms. The molecule has 1 aliphatic carbocycles. The maximum atomic E-state index is 9.13. The number of hydrogen-bond donors (Lipinski definition) is 2. The van der Waals surface area contributed by atoms with Crippen LogP contribution in [0, 0.1) is 5.41 Å². The highest BCUT2D eigenvalue weighted by atomic mass is 79.9. The summed E-state index contributed by atoms with van der Waals surface area (Å²) in [7, 11) is 0. The third-order valence-electron chi connectivity index (χ3n) is 2.96.